The lowest BCUT2D eigenvalue weighted by Crippen LogP contribution is -2.36. The summed E-state index contributed by atoms with van der Waals surface area (Å²) in [5.74, 6) is 0.951. The van der Waals surface area contributed by atoms with Gasteiger partial charge >= 0.3 is 0 Å². The molecule has 0 aliphatic carbocycles. The third kappa shape index (κ3) is 4.76. The van der Waals surface area contributed by atoms with E-state index < -0.39 is 0 Å². The van der Waals surface area contributed by atoms with Crippen molar-refractivity contribution in [2.75, 3.05) is 50.7 Å². The largest absolute Gasteiger partial charge is 0.493 e. The summed E-state index contributed by atoms with van der Waals surface area (Å²) in [7, 11) is 3.17. The maximum atomic E-state index is 12.9. The number of hydrogen-bond donors (Lipinski definition) is 1. The molecule has 1 aliphatic rings. The van der Waals surface area contributed by atoms with Crippen molar-refractivity contribution in [3.05, 3.63) is 52.5 Å². The van der Waals surface area contributed by atoms with Crippen LogP contribution in [-0.4, -0.2) is 51.4 Å². The third-order valence-corrected chi connectivity index (χ3v) is 6.05. The fraction of sp³-hybridized carbons (Fsp3) is 0.273. The van der Waals surface area contributed by atoms with Gasteiger partial charge in [-0.1, -0.05) is 11.6 Å². The molecule has 0 bridgehead atoms. The van der Waals surface area contributed by atoms with Crippen molar-refractivity contribution in [2.45, 2.75) is 0 Å². The van der Waals surface area contributed by atoms with Gasteiger partial charge in [-0.15, -0.1) is 11.3 Å². The van der Waals surface area contributed by atoms with Gasteiger partial charge in [0.05, 0.1) is 38.8 Å². The van der Waals surface area contributed by atoms with Gasteiger partial charge < -0.3 is 24.4 Å². The Morgan fingerprint density at radius 1 is 1.13 bits per heavy atom. The van der Waals surface area contributed by atoms with Gasteiger partial charge in [0.1, 0.15) is 10.7 Å². The summed E-state index contributed by atoms with van der Waals surface area (Å²) in [4.78, 5) is 19.6. The van der Waals surface area contributed by atoms with Crippen LogP contribution in [0.5, 0.6) is 11.5 Å². The highest BCUT2D eigenvalue weighted by Crippen LogP contribution is 2.34. The standard InChI is InChI=1S/C22H22ClN3O4S/c1-28-19-6-3-14(11-20(19)29-2)22-25-17(13-31-22)21(27)24-16-12-15(23)4-5-18(16)26-7-9-30-10-8-26/h3-6,11-13H,7-10H2,1-2H3,(H,24,27). The Bertz CT molecular complexity index is 1080. The lowest BCUT2D eigenvalue weighted by atomic mass is 10.2. The number of anilines is 2. The second-order valence-corrected chi connectivity index (χ2v) is 8.12. The van der Waals surface area contributed by atoms with E-state index in [-0.39, 0.29) is 5.91 Å². The SMILES string of the molecule is COc1ccc(-c2nc(C(=O)Nc3cc(Cl)ccc3N3CCOCC3)cs2)cc1OC. The second-order valence-electron chi connectivity index (χ2n) is 6.82. The van der Waals surface area contributed by atoms with Crippen LogP contribution < -0.4 is 19.7 Å². The summed E-state index contributed by atoms with van der Waals surface area (Å²) in [6.07, 6.45) is 0. The molecule has 0 saturated carbocycles. The molecule has 162 valence electrons. The Morgan fingerprint density at radius 3 is 2.65 bits per heavy atom. The van der Waals surface area contributed by atoms with E-state index in [1.54, 1.807) is 25.7 Å². The van der Waals surface area contributed by atoms with Crippen LogP contribution in [0.4, 0.5) is 11.4 Å². The summed E-state index contributed by atoms with van der Waals surface area (Å²) < 4.78 is 16.1. The first-order valence-electron chi connectivity index (χ1n) is 9.70. The van der Waals surface area contributed by atoms with Gasteiger partial charge in [0.15, 0.2) is 11.5 Å². The first-order valence-corrected chi connectivity index (χ1v) is 11.0. The van der Waals surface area contributed by atoms with E-state index in [1.807, 2.05) is 30.3 Å². The van der Waals surface area contributed by atoms with Crippen LogP contribution in [0.1, 0.15) is 10.5 Å². The van der Waals surface area contributed by atoms with Crippen LogP contribution in [0.25, 0.3) is 10.6 Å². The maximum Gasteiger partial charge on any atom is 0.275 e. The van der Waals surface area contributed by atoms with Gasteiger partial charge in [0.2, 0.25) is 0 Å². The second kappa shape index (κ2) is 9.55. The molecule has 0 radical (unpaired) electrons. The van der Waals surface area contributed by atoms with Crippen LogP contribution in [0.3, 0.4) is 0 Å². The van der Waals surface area contributed by atoms with E-state index in [0.717, 1.165) is 24.3 Å². The Balaban J connectivity index is 1.56. The number of hydrogen-bond acceptors (Lipinski definition) is 7. The van der Waals surface area contributed by atoms with Crippen LogP contribution in [-0.2, 0) is 4.74 Å². The molecule has 4 rings (SSSR count). The van der Waals surface area contributed by atoms with Crippen molar-refractivity contribution in [2.24, 2.45) is 0 Å². The minimum atomic E-state index is -0.292. The molecule has 2 heterocycles. The van der Waals surface area contributed by atoms with E-state index in [4.69, 9.17) is 25.8 Å². The van der Waals surface area contributed by atoms with E-state index in [1.165, 1.54) is 11.3 Å². The molecule has 0 unspecified atom stereocenters. The summed E-state index contributed by atoms with van der Waals surface area (Å²) in [6, 6.07) is 11.0. The van der Waals surface area contributed by atoms with Gasteiger partial charge in [0, 0.05) is 29.1 Å². The third-order valence-electron chi connectivity index (χ3n) is 4.93. The number of aromatic nitrogens is 1. The summed E-state index contributed by atoms with van der Waals surface area (Å²) in [5, 5.41) is 5.97. The number of ether oxygens (including phenoxy) is 3. The summed E-state index contributed by atoms with van der Waals surface area (Å²) in [5.41, 5.74) is 2.75. The molecule has 2 aromatic carbocycles. The molecular formula is C22H22ClN3O4S. The van der Waals surface area contributed by atoms with Gasteiger partial charge in [-0.2, -0.15) is 0 Å². The number of amides is 1. The Hall–Kier alpha value is -2.81. The predicted octanol–water partition coefficient (Wildman–Crippen LogP) is 4.57. The number of benzene rings is 2. The minimum Gasteiger partial charge on any atom is -0.493 e. The zero-order valence-electron chi connectivity index (χ0n) is 17.2. The zero-order valence-corrected chi connectivity index (χ0v) is 18.8. The Kier molecular flexibility index (Phi) is 6.60. The highest BCUT2D eigenvalue weighted by Gasteiger charge is 2.19. The number of methoxy groups -OCH3 is 2. The minimum absolute atomic E-state index is 0.292. The molecule has 1 saturated heterocycles. The number of halogens is 1. The van der Waals surface area contributed by atoms with Crippen molar-refractivity contribution in [3.8, 4) is 22.1 Å². The van der Waals surface area contributed by atoms with E-state index in [2.05, 4.69) is 15.2 Å². The lowest BCUT2D eigenvalue weighted by molar-refractivity contribution is 0.102. The van der Waals surface area contributed by atoms with Crippen LogP contribution >= 0.6 is 22.9 Å². The van der Waals surface area contributed by atoms with E-state index >= 15 is 0 Å². The van der Waals surface area contributed by atoms with Crippen molar-refractivity contribution < 1.29 is 19.0 Å². The van der Waals surface area contributed by atoms with Crippen LogP contribution in [0.2, 0.25) is 5.02 Å². The topological polar surface area (TPSA) is 72.9 Å². The average molecular weight is 460 g/mol. The molecule has 9 heteroatoms. The molecule has 1 aliphatic heterocycles. The smallest absolute Gasteiger partial charge is 0.275 e. The molecule has 7 nitrogen and oxygen atoms in total. The van der Waals surface area contributed by atoms with Gasteiger partial charge in [-0.3, -0.25) is 4.79 Å². The maximum absolute atomic E-state index is 12.9. The quantitative estimate of drug-likeness (QED) is 0.582. The number of carbonyl (C=O) groups excluding carboxylic acids is 1. The van der Waals surface area contributed by atoms with Gasteiger partial charge in [0.25, 0.3) is 5.91 Å². The van der Waals surface area contributed by atoms with E-state index in [0.29, 0.717) is 46.1 Å². The molecule has 1 amide bonds. The van der Waals surface area contributed by atoms with Crippen LogP contribution in [0.15, 0.2) is 41.8 Å². The molecule has 1 aromatic heterocycles. The lowest BCUT2D eigenvalue weighted by Gasteiger charge is -2.30. The highest BCUT2D eigenvalue weighted by atomic mass is 35.5. The number of carbonyl (C=O) groups is 1. The van der Waals surface area contributed by atoms with Crippen molar-refractivity contribution >= 4 is 40.2 Å². The number of nitrogens with one attached hydrogen (secondary N) is 1. The van der Waals surface area contributed by atoms with Crippen molar-refractivity contribution in [1.82, 2.24) is 4.98 Å². The molecule has 1 fully saturated rings. The van der Waals surface area contributed by atoms with Gasteiger partial charge in [-0.25, -0.2) is 4.98 Å². The summed E-state index contributed by atoms with van der Waals surface area (Å²) in [6.45, 7) is 2.81. The van der Waals surface area contributed by atoms with Crippen LogP contribution in [0, 0.1) is 0 Å². The molecular weight excluding hydrogens is 438 g/mol. The number of nitrogens with zero attached hydrogens (tertiary/aromatic N) is 2. The predicted molar refractivity (Wildman–Crippen MR) is 123 cm³/mol. The normalized spacial score (nSPS) is 13.7. The molecule has 1 N–H and O–H groups in total. The number of morpholine rings is 1. The fourth-order valence-corrected chi connectivity index (χ4v) is 4.32. The van der Waals surface area contributed by atoms with E-state index in [9.17, 15) is 4.79 Å². The zero-order chi connectivity index (χ0) is 21.8. The van der Waals surface area contributed by atoms with Gasteiger partial charge in [-0.05, 0) is 36.4 Å². The van der Waals surface area contributed by atoms with Crippen molar-refractivity contribution in [3.63, 3.8) is 0 Å². The molecule has 0 spiro atoms. The van der Waals surface area contributed by atoms with Crippen molar-refractivity contribution in [1.29, 1.82) is 0 Å². The molecule has 0 atom stereocenters. The Labute approximate surface area is 189 Å². The molecule has 31 heavy (non-hydrogen) atoms. The summed E-state index contributed by atoms with van der Waals surface area (Å²) >= 11 is 7.58. The number of thiazole rings is 1. The first kappa shape index (κ1) is 21.4. The monoisotopic (exact) mass is 459 g/mol. The molecule has 3 aromatic rings. The fourth-order valence-electron chi connectivity index (χ4n) is 3.35. The Morgan fingerprint density at radius 2 is 1.90 bits per heavy atom. The average Bonchev–Trinajstić information content (AvgIpc) is 3.30. The highest BCUT2D eigenvalue weighted by molar-refractivity contribution is 7.13. The number of rotatable bonds is 6. The first-order chi connectivity index (χ1) is 15.1.